The van der Waals surface area contributed by atoms with Crippen molar-refractivity contribution in [2.75, 3.05) is 48.3 Å². The molecule has 178 valence electrons. The summed E-state index contributed by atoms with van der Waals surface area (Å²) in [6.45, 7) is 4.30. The quantitative estimate of drug-likeness (QED) is 0.464. The van der Waals surface area contributed by atoms with Crippen molar-refractivity contribution in [3.05, 3.63) is 60.3 Å². The Balaban J connectivity index is 1.26. The van der Waals surface area contributed by atoms with Gasteiger partial charge in [-0.15, -0.1) is 0 Å². The summed E-state index contributed by atoms with van der Waals surface area (Å²) < 4.78 is 13.1. The molecule has 9 nitrogen and oxygen atoms in total. The summed E-state index contributed by atoms with van der Waals surface area (Å²) in [7, 11) is 0. The summed E-state index contributed by atoms with van der Waals surface area (Å²) in [5.74, 6) is 2.38. The molecule has 0 spiro atoms. The van der Waals surface area contributed by atoms with Gasteiger partial charge in [0.2, 0.25) is 5.95 Å². The Bertz CT molecular complexity index is 1070. The summed E-state index contributed by atoms with van der Waals surface area (Å²) in [5.41, 5.74) is 1.04. The van der Waals surface area contributed by atoms with E-state index in [0.29, 0.717) is 30.2 Å². The van der Waals surface area contributed by atoms with E-state index in [2.05, 4.69) is 35.4 Å². The average Bonchev–Trinajstić information content (AvgIpc) is 2.81. The van der Waals surface area contributed by atoms with Crippen LogP contribution in [-0.2, 0) is 6.42 Å². The summed E-state index contributed by atoms with van der Waals surface area (Å²) in [6, 6.07) is 8.92. The number of anilines is 4. The van der Waals surface area contributed by atoms with Crippen molar-refractivity contribution in [1.29, 1.82) is 0 Å². The zero-order valence-corrected chi connectivity index (χ0v) is 18.9. The maximum Gasteiger partial charge on any atom is 0.226 e. The molecular weight excluding hydrogens is 435 g/mol. The Morgan fingerprint density at radius 3 is 2.56 bits per heavy atom. The van der Waals surface area contributed by atoms with E-state index in [1.807, 2.05) is 6.07 Å². The first kappa shape index (κ1) is 22.4. The largest absolute Gasteiger partial charge is 0.393 e. The van der Waals surface area contributed by atoms with Crippen molar-refractivity contribution in [3.63, 3.8) is 0 Å². The molecule has 3 N–H and O–H groups in total. The van der Waals surface area contributed by atoms with E-state index in [9.17, 15) is 9.50 Å². The van der Waals surface area contributed by atoms with Gasteiger partial charge in [-0.05, 0) is 37.0 Å². The Morgan fingerprint density at radius 2 is 1.82 bits per heavy atom. The van der Waals surface area contributed by atoms with Crippen LogP contribution < -0.4 is 15.5 Å². The number of hydrogen-bond donors (Lipinski definition) is 3. The monoisotopic (exact) mass is 464 g/mol. The highest BCUT2D eigenvalue weighted by molar-refractivity contribution is 5.60. The number of benzene rings is 1. The Labute approximate surface area is 198 Å². The van der Waals surface area contributed by atoms with E-state index < -0.39 is 0 Å². The van der Waals surface area contributed by atoms with Crippen molar-refractivity contribution < 1.29 is 9.50 Å². The third-order valence-corrected chi connectivity index (χ3v) is 6.34. The molecule has 2 aliphatic rings. The number of nitrogens with one attached hydrogen (secondary N) is 2. The SMILES string of the molecule is OC1CCN(C2CN(c3cc(Nc4cnccn4)nc(NCCc4ccc(F)cc4)n3)C2)CC1. The highest BCUT2D eigenvalue weighted by atomic mass is 19.1. The number of aromatic nitrogens is 4. The minimum absolute atomic E-state index is 0.160. The molecule has 2 aliphatic heterocycles. The molecule has 2 saturated heterocycles. The number of piperidine rings is 1. The van der Waals surface area contributed by atoms with Gasteiger partial charge in [0.05, 0.1) is 12.3 Å². The molecule has 0 aliphatic carbocycles. The van der Waals surface area contributed by atoms with Crippen LogP contribution in [0.15, 0.2) is 48.9 Å². The molecule has 0 amide bonds. The molecule has 10 heteroatoms. The lowest BCUT2D eigenvalue weighted by molar-refractivity contribution is 0.0529. The summed E-state index contributed by atoms with van der Waals surface area (Å²) in [6.07, 6.45) is 7.16. The second-order valence-corrected chi connectivity index (χ2v) is 8.78. The predicted octanol–water partition coefficient (Wildman–Crippen LogP) is 2.45. The molecule has 0 atom stereocenters. The minimum Gasteiger partial charge on any atom is -0.393 e. The zero-order chi connectivity index (χ0) is 23.3. The van der Waals surface area contributed by atoms with Gasteiger partial charge in [0.25, 0.3) is 0 Å². The minimum atomic E-state index is -0.235. The molecule has 0 radical (unpaired) electrons. The molecular formula is C24H29FN8O. The first-order valence-electron chi connectivity index (χ1n) is 11.7. The van der Waals surface area contributed by atoms with E-state index in [0.717, 1.165) is 56.8 Å². The first-order chi connectivity index (χ1) is 16.6. The maximum atomic E-state index is 13.1. The van der Waals surface area contributed by atoms with E-state index in [1.165, 1.54) is 12.1 Å². The first-order valence-corrected chi connectivity index (χ1v) is 11.7. The van der Waals surface area contributed by atoms with Crippen molar-refractivity contribution in [2.24, 2.45) is 0 Å². The van der Waals surface area contributed by atoms with Crippen LogP contribution in [0.1, 0.15) is 18.4 Å². The Hall–Kier alpha value is -3.37. The molecule has 4 heterocycles. The molecule has 2 aromatic heterocycles. The van der Waals surface area contributed by atoms with Crippen LogP contribution in [-0.4, -0.2) is 74.8 Å². The van der Waals surface area contributed by atoms with Gasteiger partial charge in [-0.3, -0.25) is 9.88 Å². The Morgan fingerprint density at radius 1 is 1.03 bits per heavy atom. The molecule has 3 aromatic rings. The Kier molecular flexibility index (Phi) is 6.77. The molecule has 0 saturated carbocycles. The summed E-state index contributed by atoms with van der Waals surface area (Å²) in [5, 5.41) is 16.3. The standard InChI is InChI=1S/C24H29FN8O/c25-18-3-1-17(2-4-18)5-8-28-24-30-21(29-22-14-26-9-10-27-22)13-23(31-24)33-15-19(16-33)32-11-6-20(34)7-12-32/h1-4,9-10,13-14,19-20,34H,5-8,11-12,15-16H2,(H2,27,28,29,30,31). The van der Waals surface area contributed by atoms with E-state index in [4.69, 9.17) is 4.98 Å². The van der Waals surface area contributed by atoms with Gasteiger partial charge in [0.1, 0.15) is 23.3 Å². The highest BCUT2D eigenvalue weighted by Gasteiger charge is 2.34. The lowest BCUT2D eigenvalue weighted by Crippen LogP contribution is -2.61. The summed E-state index contributed by atoms with van der Waals surface area (Å²) in [4.78, 5) is 22.4. The van der Waals surface area contributed by atoms with Crippen LogP contribution in [0, 0.1) is 5.82 Å². The second-order valence-electron chi connectivity index (χ2n) is 8.78. The van der Waals surface area contributed by atoms with Gasteiger partial charge in [-0.25, -0.2) is 9.37 Å². The van der Waals surface area contributed by atoms with Gasteiger partial charge >= 0.3 is 0 Å². The number of hydrogen-bond acceptors (Lipinski definition) is 9. The van der Waals surface area contributed by atoms with Crippen molar-refractivity contribution in [1.82, 2.24) is 24.8 Å². The van der Waals surface area contributed by atoms with Gasteiger partial charge < -0.3 is 20.6 Å². The fourth-order valence-electron chi connectivity index (χ4n) is 4.33. The molecule has 0 unspecified atom stereocenters. The molecule has 2 fully saturated rings. The van der Waals surface area contributed by atoms with Crippen molar-refractivity contribution >= 4 is 23.4 Å². The van der Waals surface area contributed by atoms with Crippen LogP contribution in [0.5, 0.6) is 0 Å². The summed E-state index contributed by atoms with van der Waals surface area (Å²) >= 11 is 0. The van der Waals surface area contributed by atoms with Gasteiger partial charge in [-0.1, -0.05) is 12.1 Å². The fourth-order valence-corrected chi connectivity index (χ4v) is 4.33. The van der Waals surface area contributed by atoms with Crippen LogP contribution >= 0.6 is 0 Å². The molecule has 34 heavy (non-hydrogen) atoms. The number of rotatable bonds is 8. The number of nitrogens with zero attached hydrogens (tertiary/aromatic N) is 6. The second kappa shape index (κ2) is 10.3. The third-order valence-electron chi connectivity index (χ3n) is 6.34. The number of aliphatic hydroxyl groups is 1. The van der Waals surface area contributed by atoms with Crippen molar-refractivity contribution in [3.8, 4) is 0 Å². The van der Waals surface area contributed by atoms with Crippen LogP contribution in [0.2, 0.25) is 0 Å². The molecule has 0 bridgehead atoms. The molecule has 1 aromatic carbocycles. The van der Waals surface area contributed by atoms with E-state index in [-0.39, 0.29) is 11.9 Å². The third kappa shape index (κ3) is 5.57. The highest BCUT2D eigenvalue weighted by Crippen LogP contribution is 2.27. The zero-order valence-electron chi connectivity index (χ0n) is 18.9. The number of halogens is 1. The van der Waals surface area contributed by atoms with Crippen molar-refractivity contribution in [2.45, 2.75) is 31.4 Å². The van der Waals surface area contributed by atoms with Gasteiger partial charge in [-0.2, -0.15) is 9.97 Å². The van der Waals surface area contributed by atoms with Crippen LogP contribution in [0.3, 0.4) is 0 Å². The molecule has 5 rings (SSSR count). The topological polar surface area (TPSA) is 102 Å². The fraction of sp³-hybridized carbons (Fsp3) is 0.417. The van der Waals surface area contributed by atoms with Gasteiger partial charge in [0, 0.05) is 57.2 Å². The van der Waals surface area contributed by atoms with Crippen LogP contribution in [0.4, 0.5) is 27.8 Å². The van der Waals surface area contributed by atoms with Gasteiger partial charge in [0.15, 0.2) is 0 Å². The average molecular weight is 465 g/mol. The number of likely N-dealkylation sites (tertiary alicyclic amines) is 1. The normalized spacial score (nSPS) is 17.4. The smallest absolute Gasteiger partial charge is 0.226 e. The lowest BCUT2D eigenvalue weighted by atomic mass is 10.0. The lowest BCUT2D eigenvalue weighted by Gasteiger charge is -2.47. The van der Waals surface area contributed by atoms with Crippen LogP contribution in [0.25, 0.3) is 0 Å². The van der Waals surface area contributed by atoms with E-state index in [1.54, 1.807) is 30.7 Å². The predicted molar refractivity (Wildman–Crippen MR) is 129 cm³/mol. The van der Waals surface area contributed by atoms with E-state index >= 15 is 0 Å². The maximum absolute atomic E-state index is 13.1. The number of aliphatic hydroxyl groups excluding tert-OH is 1.